The average Bonchev–Trinajstić information content (AvgIpc) is 2.37. The highest BCUT2D eigenvalue weighted by atomic mass is 16.3. The maximum atomic E-state index is 12.1. The zero-order chi connectivity index (χ0) is 14.7. The van der Waals surface area contributed by atoms with Crippen molar-refractivity contribution < 1.29 is 9.90 Å². The third-order valence-corrected chi connectivity index (χ3v) is 3.34. The molecule has 2 aromatic rings. The van der Waals surface area contributed by atoms with E-state index in [4.69, 9.17) is 0 Å². The number of phenolic OH excluding ortho intramolecular Hbond substituents is 1. The first-order valence-corrected chi connectivity index (χ1v) is 6.61. The molecule has 0 saturated carbocycles. The molecule has 0 unspecified atom stereocenters. The first-order chi connectivity index (χ1) is 9.45. The summed E-state index contributed by atoms with van der Waals surface area (Å²) in [6.07, 6.45) is 0.355. The molecule has 0 saturated heterocycles. The van der Waals surface area contributed by atoms with E-state index in [9.17, 15) is 9.90 Å². The van der Waals surface area contributed by atoms with Crippen molar-refractivity contribution in [2.45, 2.75) is 27.2 Å². The summed E-state index contributed by atoms with van der Waals surface area (Å²) < 4.78 is 0. The van der Waals surface area contributed by atoms with Crippen molar-refractivity contribution in [2.75, 3.05) is 5.32 Å². The zero-order valence-corrected chi connectivity index (χ0v) is 12.0. The Labute approximate surface area is 119 Å². The molecule has 3 heteroatoms. The van der Waals surface area contributed by atoms with Gasteiger partial charge in [-0.15, -0.1) is 0 Å². The van der Waals surface area contributed by atoms with Crippen molar-refractivity contribution in [2.24, 2.45) is 0 Å². The molecule has 0 aromatic heterocycles. The van der Waals surface area contributed by atoms with Crippen molar-refractivity contribution in [3.63, 3.8) is 0 Å². The summed E-state index contributed by atoms with van der Waals surface area (Å²) in [6, 6.07) is 11.0. The SMILES string of the molecule is Cc1ccc(C)c(CC(=O)Nc2ccc(O)cc2C)c1. The molecule has 2 rings (SSSR count). The number of nitrogens with one attached hydrogen (secondary N) is 1. The molecule has 20 heavy (non-hydrogen) atoms. The lowest BCUT2D eigenvalue weighted by atomic mass is 10.0. The summed E-state index contributed by atoms with van der Waals surface area (Å²) in [5.74, 6) is 0.155. The van der Waals surface area contributed by atoms with Gasteiger partial charge >= 0.3 is 0 Å². The van der Waals surface area contributed by atoms with Crippen LogP contribution in [0.1, 0.15) is 22.3 Å². The van der Waals surface area contributed by atoms with E-state index in [2.05, 4.69) is 5.32 Å². The number of amides is 1. The lowest BCUT2D eigenvalue weighted by molar-refractivity contribution is -0.115. The number of hydrogen-bond donors (Lipinski definition) is 2. The largest absolute Gasteiger partial charge is 0.508 e. The van der Waals surface area contributed by atoms with Crippen LogP contribution in [-0.4, -0.2) is 11.0 Å². The van der Waals surface area contributed by atoms with E-state index in [-0.39, 0.29) is 11.7 Å². The summed E-state index contributed by atoms with van der Waals surface area (Å²) in [7, 11) is 0. The predicted octanol–water partition coefficient (Wildman–Crippen LogP) is 3.50. The molecule has 0 radical (unpaired) electrons. The first-order valence-electron chi connectivity index (χ1n) is 6.61. The van der Waals surface area contributed by atoms with Gasteiger partial charge in [-0.05, 0) is 55.7 Å². The number of carbonyl (C=O) groups is 1. The van der Waals surface area contributed by atoms with Gasteiger partial charge in [0.05, 0.1) is 6.42 Å². The number of aromatic hydroxyl groups is 1. The van der Waals surface area contributed by atoms with Crippen LogP contribution in [0.3, 0.4) is 0 Å². The second-order valence-electron chi connectivity index (χ2n) is 5.15. The van der Waals surface area contributed by atoms with Crippen molar-refractivity contribution >= 4 is 11.6 Å². The molecule has 3 nitrogen and oxygen atoms in total. The van der Waals surface area contributed by atoms with Gasteiger partial charge in [0.1, 0.15) is 5.75 Å². The number of carbonyl (C=O) groups excluding carboxylic acids is 1. The minimum Gasteiger partial charge on any atom is -0.508 e. The number of aryl methyl sites for hydroxylation is 3. The van der Waals surface area contributed by atoms with Crippen LogP contribution in [0.15, 0.2) is 36.4 Å². The maximum Gasteiger partial charge on any atom is 0.228 e. The topological polar surface area (TPSA) is 49.3 Å². The fraction of sp³-hybridized carbons (Fsp3) is 0.235. The van der Waals surface area contributed by atoms with Crippen LogP contribution in [0.2, 0.25) is 0 Å². The van der Waals surface area contributed by atoms with Crippen molar-refractivity contribution in [1.82, 2.24) is 0 Å². The lowest BCUT2D eigenvalue weighted by Gasteiger charge is -2.10. The molecular formula is C17H19NO2. The summed E-state index contributed by atoms with van der Waals surface area (Å²) in [5, 5.41) is 12.2. The van der Waals surface area contributed by atoms with E-state index in [0.717, 1.165) is 27.9 Å². The second kappa shape index (κ2) is 5.78. The molecule has 0 aliphatic carbocycles. The van der Waals surface area contributed by atoms with Gasteiger partial charge in [0.2, 0.25) is 5.91 Å². The Morgan fingerprint density at radius 1 is 1.05 bits per heavy atom. The minimum atomic E-state index is -0.0486. The summed E-state index contributed by atoms with van der Waals surface area (Å²) in [6.45, 7) is 5.88. The molecule has 0 bridgehead atoms. The van der Waals surface area contributed by atoms with E-state index < -0.39 is 0 Å². The number of anilines is 1. The smallest absolute Gasteiger partial charge is 0.228 e. The molecule has 2 N–H and O–H groups in total. The molecule has 0 atom stereocenters. The van der Waals surface area contributed by atoms with Crippen LogP contribution in [-0.2, 0) is 11.2 Å². The zero-order valence-electron chi connectivity index (χ0n) is 12.0. The quantitative estimate of drug-likeness (QED) is 0.838. The van der Waals surface area contributed by atoms with E-state index in [0.29, 0.717) is 6.42 Å². The Hall–Kier alpha value is -2.29. The highest BCUT2D eigenvalue weighted by Crippen LogP contribution is 2.20. The van der Waals surface area contributed by atoms with Crippen LogP contribution >= 0.6 is 0 Å². The molecule has 0 aliphatic heterocycles. The molecule has 0 heterocycles. The minimum absolute atomic E-state index is 0.0486. The van der Waals surface area contributed by atoms with Gasteiger partial charge in [-0.25, -0.2) is 0 Å². The van der Waals surface area contributed by atoms with E-state index in [1.54, 1.807) is 18.2 Å². The van der Waals surface area contributed by atoms with Crippen LogP contribution < -0.4 is 5.32 Å². The van der Waals surface area contributed by atoms with Crippen molar-refractivity contribution in [1.29, 1.82) is 0 Å². The van der Waals surface area contributed by atoms with Crippen LogP contribution in [0, 0.1) is 20.8 Å². The Bertz CT molecular complexity index is 647. The Morgan fingerprint density at radius 3 is 2.50 bits per heavy atom. The van der Waals surface area contributed by atoms with Gasteiger partial charge in [-0.2, -0.15) is 0 Å². The van der Waals surface area contributed by atoms with Gasteiger partial charge in [0, 0.05) is 5.69 Å². The Balaban J connectivity index is 2.11. The lowest BCUT2D eigenvalue weighted by Crippen LogP contribution is -2.15. The van der Waals surface area contributed by atoms with Crippen LogP contribution in [0.5, 0.6) is 5.75 Å². The Morgan fingerprint density at radius 2 is 1.80 bits per heavy atom. The summed E-state index contributed by atoms with van der Waals surface area (Å²) in [5.41, 5.74) is 4.89. The molecule has 0 spiro atoms. The fourth-order valence-electron chi connectivity index (χ4n) is 2.15. The third-order valence-electron chi connectivity index (χ3n) is 3.34. The number of phenols is 1. The number of hydrogen-bond acceptors (Lipinski definition) is 2. The standard InChI is InChI=1S/C17H19NO2/c1-11-4-5-12(2)14(8-11)10-17(20)18-16-7-6-15(19)9-13(16)3/h4-9,19H,10H2,1-3H3,(H,18,20). The molecular weight excluding hydrogens is 250 g/mol. The molecule has 0 fully saturated rings. The molecule has 1 amide bonds. The second-order valence-corrected chi connectivity index (χ2v) is 5.15. The Kier molecular flexibility index (Phi) is 4.08. The van der Waals surface area contributed by atoms with Crippen LogP contribution in [0.25, 0.3) is 0 Å². The van der Waals surface area contributed by atoms with E-state index in [1.807, 2.05) is 39.0 Å². The highest BCUT2D eigenvalue weighted by Gasteiger charge is 2.08. The average molecular weight is 269 g/mol. The fourth-order valence-corrected chi connectivity index (χ4v) is 2.15. The van der Waals surface area contributed by atoms with Gasteiger partial charge < -0.3 is 10.4 Å². The first kappa shape index (κ1) is 14.1. The molecule has 0 aliphatic rings. The predicted molar refractivity (Wildman–Crippen MR) is 81.1 cm³/mol. The molecule has 104 valence electrons. The van der Waals surface area contributed by atoms with Crippen molar-refractivity contribution in [3.05, 3.63) is 58.7 Å². The molecule has 2 aromatic carbocycles. The van der Waals surface area contributed by atoms with Gasteiger partial charge in [0.25, 0.3) is 0 Å². The summed E-state index contributed by atoms with van der Waals surface area (Å²) >= 11 is 0. The van der Waals surface area contributed by atoms with Crippen molar-refractivity contribution in [3.8, 4) is 5.75 Å². The van der Waals surface area contributed by atoms with E-state index >= 15 is 0 Å². The highest BCUT2D eigenvalue weighted by molar-refractivity contribution is 5.93. The maximum absolute atomic E-state index is 12.1. The summed E-state index contributed by atoms with van der Waals surface area (Å²) in [4.78, 5) is 12.1. The van der Waals surface area contributed by atoms with Gasteiger partial charge in [-0.3, -0.25) is 4.79 Å². The third kappa shape index (κ3) is 3.38. The van der Waals surface area contributed by atoms with Gasteiger partial charge in [-0.1, -0.05) is 23.8 Å². The monoisotopic (exact) mass is 269 g/mol. The van der Waals surface area contributed by atoms with Gasteiger partial charge in [0.15, 0.2) is 0 Å². The van der Waals surface area contributed by atoms with Crippen LogP contribution in [0.4, 0.5) is 5.69 Å². The normalized spacial score (nSPS) is 10.3. The number of benzene rings is 2. The van der Waals surface area contributed by atoms with E-state index in [1.165, 1.54) is 0 Å². The number of rotatable bonds is 3.